The minimum atomic E-state index is -0.567. The number of aromatic nitrogens is 1. The predicted octanol–water partition coefficient (Wildman–Crippen LogP) is 2.25. The van der Waals surface area contributed by atoms with Gasteiger partial charge in [0.1, 0.15) is 11.3 Å². The highest BCUT2D eigenvalue weighted by molar-refractivity contribution is 6.03. The van der Waals surface area contributed by atoms with Crippen molar-refractivity contribution in [2.75, 3.05) is 5.32 Å². The Bertz CT molecular complexity index is 1060. The van der Waals surface area contributed by atoms with Crippen LogP contribution < -0.4 is 16.5 Å². The molecule has 0 radical (unpaired) electrons. The molecule has 0 saturated carbocycles. The molecule has 0 aliphatic carbocycles. The maximum absolute atomic E-state index is 12.6. The molecular weight excluding hydrogens is 296 g/mol. The highest BCUT2D eigenvalue weighted by Gasteiger charge is 2.16. The predicted molar refractivity (Wildman–Crippen MR) is 88.8 cm³/mol. The fraction of sp³-hybridized carbons (Fsp3) is 0.118. The molecule has 1 N–H and O–H groups in total. The molecule has 3 aromatic rings. The lowest BCUT2D eigenvalue weighted by Crippen LogP contribution is -2.26. The number of benzene rings is 1. The van der Waals surface area contributed by atoms with E-state index in [9.17, 15) is 14.4 Å². The number of nitrogens with one attached hydrogen (secondary N) is 1. The van der Waals surface area contributed by atoms with Crippen molar-refractivity contribution in [3.05, 3.63) is 63.8 Å². The number of carbonyl (C=O) groups excluding carboxylic acids is 1. The Balaban J connectivity index is 2.55. The number of allylic oxidation sites excluding steroid dienone is 1. The molecular formula is C17H14N2O4. The second-order valence-electron chi connectivity index (χ2n) is 5.09. The third-order valence-electron chi connectivity index (χ3n) is 3.48. The van der Waals surface area contributed by atoms with E-state index in [0.717, 1.165) is 0 Å². The number of para-hydroxylation sites is 1. The molecule has 2 aromatic heterocycles. The average Bonchev–Trinajstić information content (AvgIpc) is 2.51. The van der Waals surface area contributed by atoms with Crippen molar-refractivity contribution in [3.63, 3.8) is 0 Å². The normalized spacial score (nSPS) is 10.8. The van der Waals surface area contributed by atoms with Crippen LogP contribution in [0.5, 0.6) is 0 Å². The summed E-state index contributed by atoms with van der Waals surface area (Å²) in [4.78, 5) is 36.2. The molecule has 0 spiro atoms. The number of rotatable bonds is 3. The van der Waals surface area contributed by atoms with Crippen molar-refractivity contribution in [2.45, 2.75) is 13.5 Å². The van der Waals surface area contributed by atoms with Gasteiger partial charge in [-0.3, -0.25) is 9.59 Å². The Labute approximate surface area is 130 Å². The first-order chi connectivity index (χ1) is 11.0. The van der Waals surface area contributed by atoms with E-state index in [1.165, 1.54) is 17.6 Å². The molecule has 6 nitrogen and oxygen atoms in total. The summed E-state index contributed by atoms with van der Waals surface area (Å²) in [6, 6.07) is 8.35. The summed E-state index contributed by atoms with van der Waals surface area (Å²) in [6.07, 6.45) is 1.56. The first-order valence-electron chi connectivity index (χ1n) is 7.01. The van der Waals surface area contributed by atoms with E-state index in [0.29, 0.717) is 16.5 Å². The van der Waals surface area contributed by atoms with Gasteiger partial charge in [-0.15, -0.1) is 6.58 Å². The number of anilines is 1. The van der Waals surface area contributed by atoms with Gasteiger partial charge in [0.2, 0.25) is 5.91 Å². The minimum Gasteiger partial charge on any atom is -0.422 e. The third kappa shape index (κ3) is 2.44. The lowest BCUT2D eigenvalue weighted by Gasteiger charge is -2.12. The van der Waals surface area contributed by atoms with Gasteiger partial charge >= 0.3 is 5.63 Å². The average molecular weight is 310 g/mol. The van der Waals surface area contributed by atoms with E-state index in [-0.39, 0.29) is 17.6 Å². The van der Waals surface area contributed by atoms with Gasteiger partial charge in [-0.1, -0.05) is 18.2 Å². The fourth-order valence-corrected chi connectivity index (χ4v) is 2.60. The van der Waals surface area contributed by atoms with Crippen LogP contribution in [-0.2, 0) is 11.3 Å². The van der Waals surface area contributed by atoms with Crippen LogP contribution in [0.2, 0.25) is 0 Å². The van der Waals surface area contributed by atoms with Crippen molar-refractivity contribution >= 4 is 33.5 Å². The zero-order chi connectivity index (χ0) is 16.6. The number of pyridine rings is 1. The van der Waals surface area contributed by atoms with Crippen LogP contribution in [0.15, 0.2) is 57.0 Å². The van der Waals surface area contributed by atoms with Crippen molar-refractivity contribution in [1.82, 2.24) is 4.57 Å². The summed E-state index contributed by atoms with van der Waals surface area (Å²) in [5.41, 5.74) is -0.0637. The molecule has 1 amide bonds. The third-order valence-corrected chi connectivity index (χ3v) is 3.48. The number of amides is 1. The second-order valence-corrected chi connectivity index (χ2v) is 5.09. The van der Waals surface area contributed by atoms with Crippen molar-refractivity contribution in [1.29, 1.82) is 0 Å². The SMILES string of the molecule is C=CCn1c(=O)c(NC(C)=O)cc2c(=O)oc3ccccc3c21. The first-order valence-corrected chi connectivity index (χ1v) is 7.01. The van der Waals surface area contributed by atoms with E-state index in [2.05, 4.69) is 11.9 Å². The van der Waals surface area contributed by atoms with Gasteiger partial charge in [-0.2, -0.15) is 0 Å². The molecule has 23 heavy (non-hydrogen) atoms. The molecule has 0 unspecified atom stereocenters. The van der Waals surface area contributed by atoms with Crippen LogP contribution in [0, 0.1) is 0 Å². The van der Waals surface area contributed by atoms with E-state index < -0.39 is 17.1 Å². The zero-order valence-corrected chi connectivity index (χ0v) is 12.5. The van der Waals surface area contributed by atoms with E-state index in [4.69, 9.17) is 4.42 Å². The fourth-order valence-electron chi connectivity index (χ4n) is 2.60. The van der Waals surface area contributed by atoms with Crippen molar-refractivity contribution in [3.8, 4) is 0 Å². The van der Waals surface area contributed by atoms with Gasteiger partial charge in [-0.25, -0.2) is 4.79 Å². The summed E-state index contributed by atoms with van der Waals surface area (Å²) < 4.78 is 6.71. The summed E-state index contributed by atoms with van der Waals surface area (Å²) in [5, 5.41) is 3.33. The van der Waals surface area contributed by atoms with Gasteiger partial charge < -0.3 is 14.3 Å². The van der Waals surface area contributed by atoms with E-state index >= 15 is 0 Å². The quantitative estimate of drug-likeness (QED) is 0.457. The molecule has 1 aromatic carbocycles. The topological polar surface area (TPSA) is 81.3 Å². The van der Waals surface area contributed by atoms with Crippen LogP contribution in [0.25, 0.3) is 21.9 Å². The minimum absolute atomic E-state index is 0.0365. The van der Waals surface area contributed by atoms with Crippen molar-refractivity contribution in [2.24, 2.45) is 0 Å². The maximum atomic E-state index is 12.6. The summed E-state index contributed by atoms with van der Waals surface area (Å²) in [6.45, 7) is 5.15. The number of fused-ring (bicyclic) bond motifs is 3. The zero-order valence-electron chi connectivity index (χ0n) is 12.5. The van der Waals surface area contributed by atoms with Crippen molar-refractivity contribution < 1.29 is 9.21 Å². The molecule has 0 fully saturated rings. The highest BCUT2D eigenvalue weighted by atomic mass is 16.4. The van der Waals surface area contributed by atoms with E-state index in [1.54, 1.807) is 30.3 Å². The van der Waals surface area contributed by atoms with Crippen LogP contribution in [0.1, 0.15) is 6.92 Å². The van der Waals surface area contributed by atoms with Crippen LogP contribution in [-0.4, -0.2) is 10.5 Å². The Kier molecular flexibility index (Phi) is 3.57. The molecule has 0 aliphatic heterocycles. The van der Waals surface area contributed by atoms with Gasteiger partial charge in [0.15, 0.2) is 0 Å². The Hall–Kier alpha value is -3.15. The van der Waals surface area contributed by atoms with Crippen LogP contribution >= 0.6 is 0 Å². The smallest absolute Gasteiger partial charge is 0.345 e. The summed E-state index contributed by atoms with van der Waals surface area (Å²) in [5.74, 6) is -0.392. The molecule has 116 valence electrons. The van der Waals surface area contributed by atoms with Gasteiger partial charge in [0.05, 0.1) is 10.9 Å². The molecule has 0 bridgehead atoms. The molecule has 0 aliphatic rings. The lowest BCUT2D eigenvalue weighted by atomic mass is 10.1. The lowest BCUT2D eigenvalue weighted by molar-refractivity contribution is -0.114. The monoisotopic (exact) mass is 310 g/mol. The highest BCUT2D eigenvalue weighted by Crippen LogP contribution is 2.23. The standard InChI is InChI=1S/C17H14N2O4/c1-3-8-19-15-11-6-4-5-7-14(11)23-17(22)12(15)9-13(16(19)21)18-10(2)20/h3-7,9H,1,8H2,2H3,(H,18,20). The Morgan fingerprint density at radius 1 is 1.30 bits per heavy atom. The largest absolute Gasteiger partial charge is 0.422 e. The molecule has 6 heteroatoms. The molecule has 2 heterocycles. The molecule has 0 atom stereocenters. The van der Waals surface area contributed by atoms with E-state index in [1.807, 2.05) is 0 Å². The summed E-state index contributed by atoms with van der Waals surface area (Å²) >= 11 is 0. The molecule has 3 rings (SSSR count). The summed E-state index contributed by atoms with van der Waals surface area (Å²) in [7, 11) is 0. The van der Waals surface area contributed by atoms with Gasteiger partial charge in [0.25, 0.3) is 5.56 Å². The number of carbonyl (C=O) groups is 1. The molecule has 0 saturated heterocycles. The number of hydrogen-bond donors (Lipinski definition) is 1. The Morgan fingerprint density at radius 2 is 2.04 bits per heavy atom. The number of nitrogens with zero attached hydrogens (tertiary/aromatic N) is 1. The first kappa shape index (κ1) is 14.8. The van der Waals surface area contributed by atoms with Crippen LogP contribution in [0.4, 0.5) is 5.69 Å². The Morgan fingerprint density at radius 3 is 2.74 bits per heavy atom. The van der Waals surface area contributed by atoms with Gasteiger partial charge in [-0.05, 0) is 18.2 Å². The van der Waals surface area contributed by atoms with Crippen LogP contribution in [0.3, 0.4) is 0 Å². The van der Waals surface area contributed by atoms with Gasteiger partial charge in [0, 0.05) is 18.9 Å². The number of hydrogen-bond acceptors (Lipinski definition) is 4. The maximum Gasteiger partial charge on any atom is 0.345 e. The second kappa shape index (κ2) is 5.57.